The molecule has 0 aromatic carbocycles. The number of hydrogen-bond acceptors (Lipinski definition) is 8. The fourth-order valence-corrected chi connectivity index (χ4v) is 3.10. The average molecular weight is 370 g/mol. The number of hydrogen-bond donors (Lipinski definition) is 1. The molecule has 0 aliphatic heterocycles. The van der Waals surface area contributed by atoms with Gasteiger partial charge >= 0.3 is 5.97 Å². The van der Waals surface area contributed by atoms with Gasteiger partial charge in [0.1, 0.15) is 11.1 Å². The minimum atomic E-state index is -1.06. The minimum absolute atomic E-state index is 0.236. The number of fused-ring (bicyclic) bond motifs is 1. The van der Waals surface area contributed by atoms with Crippen molar-refractivity contribution in [3.8, 4) is 6.07 Å². The molecule has 132 valence electrons. The summed E-state index contributed by atoms with van der Waals surface area (Å²) in [7, 11) is 0. The fourth-order valence-electron chi connectivity index (χ4n) is 2.36. The highest BCUT2D eigenvalue weighted by Crippen LogP contribution is 2.24. The normalized spacial score (nSPS) is 11.8. The van der Waals surface area contributed by atoms with E-state index < -0.39 is 18.0 Å². The summed E-state index contributed by atoms with van der Waals surface area (Å²) in [5.41, 5.74) is 1.90. The molecule has 1 atom stereocenters. The van der Waals surface area contributed by atoms with Gasteiger partial charge in [0, 0.05) is 5.69 Å². The lowest BCUT2D eigenvalue weighted by Gasteiger charge is -2.13. The van der Waals surface area contributed by atoms with Crippen LogP contribution in [0.4, 0.5) is 5.00 Å². The van der Waals surface area contributed by atoms with E-state index in [0.29, 0.717) is 27.3 Å². The van der Waals surface area contributed by atoms with Crippen LogP contribution < -0.4 is 5.32 Å². The number of amides is 1. The van der Waals surface area contributed by atoms with Crippen LogP contribution >= 0.6 is 11.3 Å². The number of carbonyl (C=O) groups is 2. The first-order valence-electron chi connectivity index (χ1n) is 7.63. The monoisotopic (exact) mass is 370 g/mol. The van der Waals surface area contributed by atoms with Gasteiger partial charge in [0.15, 0.2) is 6.10 Å². The predicted octanol–water partition coefficient (Wildman–Crippen LogP) is 2.96. The quantitative estimate of drug-likeness (QED) is 0.701. The zero-order chi connectivity index (χ0) is 18.8. The molecule has 0 saturated carbocycles. The topological polar surface area (TPSA) is 118 Å². The standard InChI is InChI=1S/C17H14N4O4S/c1-8-6-12(13-9(2)21-25-15(13)19-8)17(23)24-10(3)14(22)20-16-11(7-18)4-5-26-16/h4-6,10H,1-3H3,(H,20,22). The van der Waals surface area contributed by atoms with Crippen LogP contribution in [0.15, 0.2) is 22.0 Å². The Bertz CT molecular complexity index is 1050. The van der Waals surface area contributed by atoms with Crippen molar-refractivity contribution in [1.82, 2.24) is 10.1 Å². The molecule has 0 fully saturated rings. The number of aryl methyl sites for hydroxylation is 2. The number of ether oxygens (including phenoxy) is 1. The highest BCUT2D eigenvalue weighted by atomic mass is 32.1. The van der Waals surface area contributed by atoms with Gasteiger partial charge in [0.2, 0.25) is 0 Å². The Balaban J connectivity index is 1.79. The first kappa shape index (κ1) is 17.6. The molecule has 0 radical (unpaired) electrons. The smallest absolute Gasteiger partial charge is 0.339 e. The molecule has 8 nitrogen and oxygen atoms in total. The van der Waals surface area contributed by atoms with E-state index in [1.54, 1.807) is 31.4 Å². The summed E-state index contributed by atoms with van der Waals surface area (Å²) >= 11 is 1.22. The summed E-state index contributed by atoms with van der Waals surface area (Å²) < 4.78 is 10.4. The minimum Gasteiger partial charge on any atom is -0.449 e. The molecule has 3 aromatic heterocycles. The SMILES string of the molecule is Cc1cc(C(=O)OC(C)C(=O)Nc2sccc2C#N)c2c(C)noc2n1. The van der Waals surface area contributed by atoms with Crippen molar-refractivity contribution >= 4 is 39.3 Å². The van der Waals surface area contributed by atoms with Crippen molar-refractivity contribution in [1.29, 1.82) is 5.26 Å². The van der Waals surface area contributed by atoms with Crippen LogP contribution in [0.5, 0.6) is 0 Å². The van der Waals surface area contributed by atoms with Crippen LogP contribution in [0, 0.1) is 25.2 Å². The highest BCUT2D eigenvalue weighted by Gasteiger charge is 2.24. The zero-order valence-electron chi connectivity index (χ0n) is 14.2. The van der Waals surface area contributed by atoms with Crippen molar-refractivity contribution in [2.75, 3.05) is 5.32 Å². The number of nitrogens with one attached hydrogen (secondary N) is 1. The van der Waals surface area contributed by atoms with Crippen molar-refractivity contribution < 1.29 is 18.8 Å². The van der Waals surface area contributed by atoms with Crippen LogP contribution in [0.3, 0.4) is 0 Å². The number of thiophene rings is 1. The number of carbonyl (C=O) groups excluding carboxylic acids is 2. The van der Waals surface area contributed by atoms with Gasteiger partial charge in [-0.3, -0.25) is 4.79 Å². The van der Waals surface area contributed by atoms with Gasteiger partial charge in [0.05, 0.1) is 22.2 Å². The third kappa shape index (κ3) is 3.27. The molecule has 0 spiro atoms. The number of aromatic nitrogens is 2. The molecule has 0 saturated heterocycles. The fraction of sp³-hybridized carbons (Fsp3) is 0.235. The first-order valence-corrected chi connectivity index (χ1v) is 8.51. The number of nitriles is 1. The van der Waals surface area contributed by atoms with Gasteiger partial charge in [-0.25, -0.2) is 9.78 Å². The van der Waals surface area contributed by atoms with E-state index in [2.05, 4.69) is 15.5 Å². The van der Waals surface area contributed by atoms with Crippen LogP contribution in [-0.2, 0) is 9.53 Å². The second-order valence-corrected chi connectivity index (χ2v) is 6.49. The van der Waals surface area contributed by atoms with Gasteiger partial charge < -0.3 is 14.6 Å². The summed E-state index contributed by atoms with van der Waals surface area (Å²) in [5.74, 6) is -1.21. The molecular weight excluding hydrogens is 356 g/mol. The number of pyridine rings is 1. The van der Waals surface area contributed by atoms with E-state index >= 15 is 0 Å². The van der Waals surface area contributed by atoms with Gasteiger partial charge in [-0.2, -0.15) is 5.26 Å². The maximum absolute atomic E-state index is 12.6. The van der Waals surface area contributed by atoms with Crippen LogP contribution in [0.2, 0.25) is 0 Å². The molecule has 3 rings (SSSR count). The number of anilines is 1. The van der Waals surface area contributed by atoms with Crippen LogP contribution in [0.25, 0.3) is 11.1 Å². The Labute approximate surface area is 152 Å². The summed E-state index contributed by atoms with van der Waals surface area (Å²) in [6.45, 7) is 4.86. The lowest BCUT2D eigenvalue weighted by Crippen LogP contribution is -2.30. The molecule has 0 aliphatic carbocycles. The van der Waals surface area contributed by atoms with Gasteiger partial charge in [-0.15, -0.1) is 11.3 Å². The molecule has 3 heterocycles. The maximum Gasteiger partial charge on any atom is 0.339 e. The maximum atomic E-state index is 12.6. The number of rotatable bonds is 4. The highest BCUT2D eigenvalue weighted by molar-refractivity contribution is 7.14. The molecule has 1 amide bonds. The second-order valence-electron chi connectivity index (χ2n) is 5.57. The second kappa shape index (κ2) is 6.93. The van der Waals surface area contributed by atoms with Crippen molar-refractivity contribution in [3.05, 3.63) is 40.0 Å². The number of esters is 1. The molecule has 26 heavy (non-hydrogen) atoms. The van der Waals surface area contributed by atoms with Gasteiger partial charge in [-0.05, 0) is 38.3 Å². The summed E-state index contributed by atoms with van der Waals surface area (Å²) in [5, 5.41) is 17.9. The zero-order valence-corrected chi connectivity index (χ0v) is 15.0. The Morgan fingerprint density at radius 2 is 2.19 bits per heavy atom. The Morgan fingerprint density at radius 1 is 1.42 bits per heavy atom. The molecule has 0 bridgehead atoms. The average Bonchev–Trinajstić information content (AvgIpc) is 3.20. The van der Waals surface area contributed by atoms with Crippen LogP contribution in [0.1, 0.15) is 34.2 Å². The van der Waals surface area contributed by atoms with Crippen LogP contribution in [-0.4, -0.2) is 28.1 Å². The Kier molecular flexibility index (Phi) is 4.69. The van der Waals surface area contributed by atoms with Crippen molar-refractivity contribution in [3.63, 3.8) is 0 Å². The van der Waals surface area contributed by atoms with E-state index in [-0.39, 0.29) is 11.3 Å². The lowest BCUT2D eigenvalue weighted by atomic mass is 10.1. The molecule has 1 N–H and O–H groups in total. The Hall–Kier alpha value is -3.25. The van der Waals surface area contributed by atoms with E-state index in [0.717, 1.165) is 0 Å². The third-order valence-electron chi connectivity index (χ3n) is 3.64. The van der Waals surface area contributed by atoms with E-state index in [4.69, 9.17) is 14.5 Å². The largest absolute Gasteiger partial charge is 0.449 e. The number of nitrogens with zero attached hydrogens (tertiary/aromatic N) is 3. The lowest BCUT2D eigenvalue weighted by molar-refractivity contribution is -0.123. The molecule has 0 aliphatic rings. The molecule has 1 unspecified atom stereocenters. The molecule has 3 aromatic rings. The summed E-state index contributed by atoms with van der Waals surface area (Å²) in [6, 6.07) is 5.14. The van der Waals surface area contributed by atoms with Crippen molar-refractivity contribution in [2.24, 2.45) is 0 Å². The molecular formula is C17H14N4O4S. The van der Waals surface area contributed by atoms with E-state index in [9.17, 15) is 9.59 Å². The predicted molar refractivity (Wildman–Crippen MR) is 93.8 cm³/mol. The Morgan fingerprint density at radius 3 is 2.92 bits per heavy atom. The van der Waals surface area contributed by atoms with E-state index in [1.165, 1.54) is 18.3 Å². The van der Waals surface area contributed by atoms with E-state index in [1.807, 2.05) is 6.07 Å². The molecule has 9 heteroatoms. The van der Waals surface area contributed by atoms with Gasteiger partial charge in [0.25, 0.3) is 11.6 Å². The third-order valence-corrected chi connectivity index (χ3v) is 4.47. The van der Waals surface area contributed by atoms with Gasteiger partial charge in [-0.1, -0.05) is 5.16 Å². The summed E-state index contributed by atoms with van der Waals surface area (Å²) in [6.07, 6.45) is -1.06. The summed E-state index contributed by atoms with van der Waals surface area (Å²) in [4.78, 5) is 29.0. The van der Waals surface area contributed by atoms with Crippen molar-refractivity contribution in [2.45, 2.75) is 26.9 Å². The first-order chi connectivity index (χ1) is 12.4.